The number of aliphatic hydroxyl groups is 1. The van der Waals surface area contributed by atoms with Crippen molar-refractivity contribution < 1.29 is 34.4 Å². The maximum Gasteiger partial charge on any atom is 0.162 e. The molecule has 0 spiro atoms. The Bertz CT molecular complexity index is 1560. The van der Waals surface area contributed by atoms with E-state index in [-0.39, 0.29) is 54.3 Å². The molecule has 0 unspecified atom stereocenters. The van der Waals surface area contributed by atoms with Gasteiger partial charge in [0.05, 0.1) is 5.76 Å². The number of carbonyl (C=O) groups is 1. The molecule has 4 nitrogen and oxygen atoms in total. The van der Waals surface area contributed by atoms with Gasteiger partial charge in [0, 0.05) is 60.5 Å². The zero-order valence-corrected chi connectivity index (χ0v) is 29.5. The van der Waals surface area contributed by atoms with Crippen LogP contribution in [0, 0.1) is 17.9 Å². The van der Waals surface area contributed by atoms with Crippen LogP contribution in [0.2, 0.25) is 0 Å². The van der Waals surface area contributed by atoms with Crippen molar-refractivity contribution in [3.63, 3.8) is 0 Å². The molecule has 1 radical (unpaired) electrons. The first-order valence-corrected chi connectivity index (χ1v) is 15.8. The number of hydrogen-bond acceptors (Lipinski definition) is 4. The Kier molecular flexibility index (Phi) is 11.6. The number of benzene rings is 2. The fourth-order valence-electron chi connectivity index (χ4n) is 6.43. The third kappa shape index (κ3) is 7.15. The average molecular weight is 759 g/mol. The number of aromatic nitrogens is 1. The van der Waals surface area contributed by atoms with Crippen molar-refractivity contribution in [2.75, 3.05) is 0 Å². The summed E-state index contributed by atoms with van der Waals surface area (Å²) in [7, 11) is 0. The monoisotopic (exact) mass is 759 g/mol. The van der Waals surface area contributed by atoms with Gasteiger partial charge in [-0.25, -0.2) is 0 Å². The molecular formula is C38H48IrNO3-. The summed E-state index contributed by atoms with van der Waals surface area (Å²) < 4.78 is 6.49. The minimum Gasteiger partial charge on any atom is -0.512 e. The molecule has 0 saturated carbocycles. The number of carbonyl (C=O) groups excluding carboxylic acids is 1. The summed E-state index contributed by atoms with van der Waals surface area (Å²) in [6.45, 7) is 17.5. The van der Waals surface area contributed by atoms with E-state index >= 15 is 0 Å². The molecule has 0 aliphatic heterocycles. The van der Waals surface area contributed by atoms with E-state index in [1.165, 1.54) is 30.0 Å². The number of allylic oxidation sites excluding steroid dienone is 2. The van der Waals surface area contributed by atoms with Gasteiger partial charge in [-0.05, 0) is 66.7 Å². The quantitative estimate of drug-likeness (QED) is 0.110. The van der Waals surface area contributed by atoms with E-state index in [1.807, 2.05) is 58.2 Å². The van der Waals surface area contributed by atoms with Crippen LogP contribution >= 0.6 is 0 Å². The summed E-state index contributed by atoms with van der Waals surface area (Å²) in [6, 6.07) is 17.9. The summed E-state index contributed by atoms with van der Waals surface area (Å²) in [5.74, 6) is 0.547. The van der Waals surface area contributed by atoms with Crippen molar-refractivity contribution in [3.8, 4) is 11.3 Å². The first-order chi connectivity index (χ1) is 20.0. The summed E-state index contributed by atoms with van der Waals surface area (Å²) in [4.78, 5) is 16.4. The number of fused-ring (bicyclic) bond motifs is 5. The molecule has 0 saturated heterocycles. The summed E-state index contributed by atoms with van der Waals surface area (Å²) in [5.41, 5.74) is 6.95. The molecule has 2 aromatic heterocycles. The Morgan fingerprint density at radius 2 is 1.60 bits per heavy atom. The SMILES string of the molecule is CC1(C)CCC(C)(C)c2c1ccc1c2oc2ccnc(-c3[c-]cccc3)c21.CCC(CC)C(=O)/C=C(\O)C(CC)CC.[Ir]. The zero-order valence-electron chi connectivity index (χ0n) is 27.1. The maximum absolute atomic E-state index is 11.7. The Balaban J connectivity index is 0.000000274. The maximum atomic E-state index is 11.7. The Morgan fingerprint density at radius 1 is 0.953 bits per heavy atom. The third-order valence-corrected chi connectivity index (χ3v) is 9.38. The van der Waals surface area contributed by atoms with Gasteiger partial charge in [-0.3, -0.25) is 4.79 Å². The number of aliphatic hydroxyl groups excluding tert-OH is 1. The van der Waals surface area contributed by atoms with Crippen LogP contribution in [0.4, 0.5) is 0 Å². The molecule has 0 bridgehead atoms. The molecule has 5 heteroatoms. The van der Waals surface area contributed by atoms with E-state index in [1.54, 1.807) is 0 Å². The van der Waals surface area contributed by atoms with Crippen LogP contribution in [0.5, 0.6) is 0 Å². The molecule has 1 aliphatic rings. The van der Waals surface area contributed by atoms with Gasteiger partial charge in [0.2, 0.25) is 0 Å². The molecule has 233 valence electrons. The first kappa shape index (κ1) is 34.7. The standard InChI is InChI=1S/C25H24NO.C13H24O2.Ir/c1-24(2)13-14-25(3,4)21-18(24)11-10-17-20-19(27-23(17)21)12-15-26-22(20)16-8-6-5-7-9-16;1-5-10(6-2)12(14)9-13(15)11(7-3)8-4;/h5-8,10-12,15H,13-14H2,1-4H3;9-11,14H,5-8H2,1-4H3;/q-1;;/b;12-9-;. The van der Waals surface area contributed by atoms with E-state index in [0.29, 0.717) is 0 Å². The van der Waals surface area contributed by atoms with Crippen molar-refractivity contribution in [3.05, 3.63) is 77.7 Å². The molecule has 0 fully saturated rings. The number of hydrogen-bond donors (Lipinski definition) is 1. The van der Waals surface area contributed by atoms with Gasteiger partial charge in [0.15, 0.2) is 5.78 Å². The van der Waals surface area contributed by atoms with Gasteiger partial charge in [0.1, 0.15) is 11.2 Å². The molecule has 0 amide bonds. The number of nitrogens with zero attached hydrogens (tertiary/aromatic N) is 1. The molecule has 2 heterocycles. The minimum absolute atomic E-state index is 0. The van der Waals surface area contributed by atoms with Crippen molar-refractivity contribution >= 4 is 27.7 Å². The molecule has 43 heavy (non-hydrogen) atoms. The van der Waals surface area contributed by atoms with Crippen LogP contribution in [0.3, 0.4) is 0 Å². The van der Waals surface area contributed by atoms with Gasteiger partial charge in [-0.15, -0.1) is 35.9 Å². The van der Waals surface area contributed by atoms with Crippen molar-refractivity contribution in [1.82, 2.24) is 4.98 Å². The van der Waals surface area contributed by atoms with Gasteiger partial charge in [0.25, 0.3) is 0 Å². The number of ketones is 1. The van der Waals surface area contributed by atoms with Gasteiger partial charge >= 0.3 is 0 Å². The normalized spacial score (nSPS) is 15.6. The summed E-state index contributed by atoms with van der Waals surface area (Å²) in [6.07, 6.45) is 9.11. The van der Waals surface area contributed by atoms with Gasteiger partial charge in [-0.1, -0.05) is 67.5 Å². The van der Waals surface area contributed by atoms with Crippen LogP contribution in [-0.2, 0) is 35.7 Å². The van der Waals surface area contributed by atoms with Gasteiger partial charge in [-0.2, -0.15) is 0 Å². The Hall–Kier alpha value is -2.75. The van der Waals surface area contributed by atoms with Crippen molar-refractivity contribution in [1.29, 1.82) is 0 Å². The predicted octanol–water partition coefficient (Wildman–Crippen LogP) is 10.7. The molecule has 1 N–H and O–H groups in total. The minimum atomic E-state index is 0. The van der Waals surface area contributed by atoms with Crippen LogP contribution < -0.4 is 0 Å². The zero-order chi connectivity index (χ0) is 30.7. The fourth-order valence-corrected chi connectivity index (χ4v) is 6.43. The van der Waals surface area contributed by atoms with Gasteiger partial charge < -0.3 is 14.5 Å². The molecule has 5 rings (SSSR count). The summed E-state index contributed by atoms with van der Waals surface area (Å²) in [5, 5.41) is 12.0. The predicted molar refractivity (Wildman–Crippen MR) is 175 cm³/mol. The molecule has 0 atom stereocenters. The second-order valence-corrected chi connectivity index (χ2v) is 13.0. The van der Waals surface area contributed by atoms with E-state index in [9.17, 15) is 9.90 Å². The number of pyridine rings is 1. The van der Waals surface area contributed by atoms with Crippen molar-refractivity contribution in [2.45, 2.75) is 105 Å². The Morgan fingerprint density at radius 3 is 2.21 bits per heavy atom. The largest absolute Gasteiger partial charge is 0.512 e. The summed E-state index contributed by atoms with van der Waals surface area (Å²) >= 11 is 0. The molecule has 2 aromatic carbocycles. The molecule has 1 aliphatic carbocycles. The fraction of sp³-hybridized carbons (Fsp3) is 0.474. The van der Waals surface area contributed by atoms with Crippen LogP contribution in [-0.4, -0.2) is 15.9 Å². The number of furan rings is 1. The molecule has 4 aromatic rings. The molecular weight excluding hydrogens is 711 g/mol. The second-order valence-electron chi connectivity index (χ2n) is 13.0. The topological polar surface area (TPSA) is 63.3 Å². The average Bonchev–Trinajstić information content (AvgIpc) is 3.36. The van der Waals surface area contributed by atoms with E-state index < -0.39 is 0 Å². The van der Waals surface area contributed by atoms with Crippen LogP contribution in [0.15, 0.2) is 64.9 Å². The van der Waals surface area contributed by atoms with E-state index in [2.05, 4.69) is 56.9 Å². The Labute approximate surface area is 271 Å². The van der Waals surface area contributed by atoms with Crippen LogP contribution in [0.1, 0.15) is 105 Å². The van der Waals surface area contributed by atoms with Crippen LogP contribution in [0.25, 0.3) is 33.2 Å². The number of rotatable bonds is 8. The van der Waals surface area contributed by atoms with E-state index in [0.717, 1.165) is 58.9 Å². The van der Waals surface area contributed by atoms with Crippen molar-refractivity contribution in [2.24, 2.45) is 11.8 Å². The van der Waals surface area contributed by atoms with E-state index in [4.69, 9.17) is 4.42 Å². The second kappa shape index (κ2) is 14.4. The smallest absolute Gasteiger partial charge is 0.162 e. The third-order valence-electron chi connectivity index (χ3n) is 9.38. The first-order valence-electron chi connectivity index (χ1n) is 15.8.